The first-order valence-electron chi connectivity index (χ1n) is 8.40. The molecule has 0 radical (unpaired) electrons. The van der Waals surface area contributed by atoms with Gasteiger partial charge in [0.2, 0.25) is 0 Å². The van der Waals surface area contributed by atoms with E-state index in [0.29, 0.717) is 42.3 Å². The molecule has 1 N–H and O–H groups in total. The highest BCUT2D eigenvalue weighted by Gasteiger charge is 2.27. The van der Waals surface area contributed by atoms with Gasteiger partial charge in [0, 0.05) is 18.8 Å². The minimum absolute atomic E-state index is 0.329. The van der Waals surface area contributed by atoms with Crippen molar-refractivity contribution >= 4 is 17.5 Å². The Morgan fingerprint density at radius 2 is 1.70 bits per heavy atom. The maximum Gasteiger partial charge on any atom is 0.313 e. The number of nitriles is 1. The van der Waals surface area contributed by atoms with Crippen molar-refractivity contribution < 1.29 is 19.1 Å². The molecule has 138 valence electrons. The number of hydrogen-bond donors (Lipinski definition) is 1. The van der Waals surface area contributed by atoms with Crippen LogP contribution in [0, 0.1) is 11.3 Å². The van der Waals surface area contributed by atoms with Crippen LogP contribution in [-0.4, -0.2) is 37.5 Å². The SMILES string of the molecule is COc1cc2c(cc1OC)CN(C(=O)C(=O)Nc1ccc(C#N)cc1)CC2. The number of methoxy groups -OCH3 is 2. The van der Waals surface area contributed by atoms with E-state index in [1.54, 1.807) is 38.5 Å². The van der Waals surface area contributed by atoms with E-state index < -0.39 is 11.8 Å². The molecule has 0 fully saturated rings. The molecule has 27 heavy (non-hydrogen) atoms. The molecule has 0 unspecified atom stereocenters. The Morgan fingerprint density at radius 1 is 1.07 bits per heavy atom. The molecule has 7 heteroatoms. The predicted octanol–water partition coefficient (Wildman–Crippen LogP) is 2.10. The van der Waals surface area contributed by atoms with Crippen molar-refractivity contribution in [2.45, 2.75) is 13.0 Å². The number of fused-ring (bicyclic) bond motifs is 1. The van der Waals surface area contributed by atoms with Gasteiger partial charge in [0.1, 0.15) is 0 Å². The average Bonchev–Trinajstić information content (AvgIpc) is 2.72. The van der Waals surface area contributed by atoms with Crippen molar-refractivity contribution in [1.82, 2.24) is 4.90 Å². The molecule has 0 aliphatic carbocycles. The van der Waals surface area contributed by atoms with Gasteiger partial charge in [0.25, 0.3) is 0 Å². The fraction of sp³-hybridized carbons (Fsp3) is 0.250. The van der Waals surface area contributed by atoms with Crippen molar-refractivity contribution in [2.24, 2.45) is 0 Å². The van der Waals surface area contributed by atoms with Gasteiger partial charge in [-0.2, -0.15) is 5.26 Å². The van der Waals surface area contributed by atoms with E-state index in [-0.39, 0.29) is 0 Å². The minimum atomic E-state index is -0.705. The van der Waals surface area contributed by atoms with E-state index in [1.807, 2.05) is 18.2 Å². The lowest BCUT2D eigenvalue weighted by atomic mass is 9.98. The number of anilines is 1. The molecule has 0 aromatic heterocycles. The van der Waals surface area contributed by atoms with Crippen LogP contribution in [0.3, 0.4) is 0 Å². The van der Waals surface area contributed by atoms with E-state index in [2.05, 4.69) is 5.32 Å². The van der Waals surface area contributed by atoms with Crippen LogP contribution in [0.25, 0.3) is 0 Å². The molecular formula is C20H19N3O4. The first-order chi connectivity index (χ1) is 13.0. The molecule has 1 aliphatic rings. The standard InChI is InChI=1S/C20H19N3O4/c1-26-17-9-14-7-8-23(12-15(14)10-18(17)27-2)20(25)19(24)22-16-5-3-13(11-21)4-6-16/h3-6,9-10H,7-8,12H2,1-2H3,(H,22,24). The molecule has 0 bridgehead atoms. The molecule has 0 atom stereocenters. The van der Waals surface area contributed by atoms with Crippen molar-refractivity contribution in [3.8, 4) is 17.6 Å². The maximum atomic E-state index is 12.5. The van der Waals surface area contributed by atoms with E-state index in [9.17, 15) is 9.59 Å². The first kappa shape index (κ1) is 18.3. The lowest BCUT2D eigenvalue weighted by Crippen LogP contribution is -2.42. The van der Waals surface area contributed by atoms with Crippen LogP contribution in [0.4, 0.5) is 5.69 Å². The summed E-state index contributed by atoms with van der Waals surface area (Å²) in [6.45, 7) is 0.775. The van der Waals surface area contributed by atoms with Gasteiger partial charge in [-0.3, -0.25) is 9.59 Å². The summed E-state index contributed by atoms with van der Waals surface area (Å²) >= 11 is 0. The van der Waals surface area contributed by atoms with Crippen molar-refractivity contribution in [3.63, 3.8) is 0 Å². The summed E-state index contributed by atoms with van der Waals surface area (Å²) in [7, 11) is 3.14. The second-order valence-corrected chi connectivity index (χ2v) is 6.10. The zero-order valence-electron chi connectivity index (χ0n) is 15.1. The smallest absolute Gasteiger partial charge is 0.313 e. The van der Waals surface area contributed by atoms with Gasteiger partial charge in [0.15, 0.2) is 11.5 Å². The number of nitrogens with zero attached hydrogens (tertiary/aromatic N) is 2. The monoisotopic (exact) mass is 365 g/mol. The second kappa shape index (κ2) is 7.79. The van der Waals surface area contributed by atoms with Crippen LogP contribution >= 0.6 is 0 Å². The number of hydrogen-bond acceptors (Lipinski definition) is 5. The van der Waals surface area contributed by atoms with E-state index in [1.165, 1.54) is 4.90 Å². The lowest BCUT2D eigenvalue weighted by Gasteiger charge is -2.29. The number of carbonyl (C=O) groups is 2. The molecule has 1 aliphatic heterocycles. The Bertz CT molecular complexity index is 916. The number of benzene rings is 2. The maximum absolute atomic E-state index is 12.5. The van der Waals surface area contributed by atoms with Gasteiger partial charge in [0.05, 0.1) is 25.9 Å². The normalized spacial score (nSPS) is 12.6. The molecule has 3 rings (SSSR count). The predicted molar refractivity (Wildman–Crippen MR) is 98.5 cm³/mol. The van der Waals surface area contributed by atoms with Crippen LogP contribution in [0.2, 0.25) is 0 Å². The zero-order valence-corrected chi connectivity index (χ0v) is 15.1. The molecule has 0 spiro atoms. The van der Waals surface area contributed by atoms with Crippen LogP contribution in [-0.2, 0) is 22.6 Å². The fourth-order valence-electron chi connectivity index (χ4n) is 3.01. The topological polar surface area (TPSA) is 91.7 Å². The highest BCUT2D eigenvalue weighted by molar-refractivity contribution is 6.39. The minimum Gasteiger partial charge on any atom is -0.493 e. The molecule has 7 nitrogen and oxygen atoms in total. The third-order valence-corrected chi connectivity index (χ3v) is 4.47. The van der Waals surface area contributed by atoms with Crippen LogP contribution in [0.15, 0.2) is 36.4 Å². The Balaban J connectivity index is 1.71. The molecule has 2 aromatic rings. The molecular weight excluding hydrogens is 346 g/mol. The first-order valence-corrected chi connectivity index (χ1v) is 8.40. The molecule has 2 aromatic carbocycles. The number of carbonyl (C=O) groups excluding carboxylic acids is 2. The third kappa shape index (κ3) is 3.85. The Hall–Kier alpha value is -3.53. The van der Waals surface area contributed by atoms with Gasteiger partial charge in [-0.1, -0.05) is 0 Å². The number of nitrogens with one attached hydrogen (secondary N) is 1. The van der Waals surface area contributed by atoms with Crippen LogP contribution in [0.5, 0.6) is 11.5 Å². The van der Waals surface area contributed by atoms with Crippen molar-refractivity contribution in [3.05, 3.63) is 53.1 Å². The quantitative estimate of drug-likeness (QED) is 0.841. The van der Waals surface area contributed by atoms with Gasteiger partial charge in [-0.05, 0) is 53.9 Å². The number of amides is 2. The van der Waals surface area contributed by atoms with Crippen LogP contribution in [0.1, 0.15) is 16.7 Å². The molecule has 0 saturated carbocycles. The summed E-state index contributed by atoms with van der Waals surface area (Å²) in [5.41, 5.74) is 2.95. The van der Waals surface area contributed by atoms with E-state index in [4.69, 9.17) is 14.7 Å². The number of rotatable bonds is 3. The summed E-state index contributed by atoms with van der Waals surface area (Å²) in [4.78, 5) is 26.3. The summed E-state index contributed by atoms with van der Waals surface area (Å²) in [5.74, 6) is -0.0643. The molecule has 2 amide bonds. The Labute approximate surface area is 157 Å². The Morgan fingerprint density at radius 3 is 2.30 bits per heavy atom. The summed E-state index contributed by atoms with van der Waals surface area (Å²) < 4.78 is 10.6. The lowest BCUT2D eigenvalue weighted by molar-refractivity contribution is -0.143. The molecule has 0 saturated heterocycles. The van der Waals surface area contributed by atoms with E-state index >= 15 is 0 Å². The largest absolute Gasteiger partial charge is 0.493 e. The van der Waals surface area contributed by atoms with Crippen molar-refractivity contribution in [2.75, 3.05) is 26.1 Å². The highest BCUT2D eigenvalue weighted by atomic mass is 16.5. The second-order valence-electron chi connectivity index (χ2n) is 6.10. The molecule has 1 heterocycles. The zero-order chi connectivity index (χ0) is 19.4. The third-order valence-electron chi connectivity index (χ3n) is 4.47. The van der Waals surface area contributed by atoms with Crippen molar-refractivity contribution in [1.29, 1.82) is 5.26 Å². The van der Waals surface area contributed by atoms with Gasteiger partial charge in [-0.15, -0.1) is 0 Å². The van der Waals surface area contributed by atoms with Crippen LogP contribution < -0.4 is 14.8 Å². The van der Waals surface area contributed by atoms with Gasteiger partial charge >= 0.3 is 11.8 Å². The average molecular weight is 365 g/mol. The summed E-state index contributed by atoms with van der Waals surface area (Å²) in [6, 6.07) is 12.1. The van der Waals surface area contributed by atoms with E-state index in [0.717, 1.165) is 11.1 Å². The van der Waals surface area contributed by atoms with Gasteiger partial charge < -0.3 is 19.7 Å². The summed E-state index contributed by atoms with van der Waals surface area (Å²) in [6.07, 6.45) is 0.631. The fourth-order valence-corrected chi connectivity index (χ4v) is 3.01. The van der Waals surface area contributed by atoms with Gasteiger partial charge in [-0.25, -0.2) is 0 Å². The summed E-state index contributed by atoms with van der Waals surface area (Å²) in [5, 5.41) is 11.4. The Kier molecular flexibility index (Phi) is 5.27. The number of ether oxygens (including phenoxy) is 2. The highest BCUT2D eigenvalue weighted by Crippen LogP contribution is 2.33.